The van der Waals surface area contributed by atoms with Crippen LogP contribution in [-0.4, -0.2) is 45.1 Å². The number of aliphatic hydroxyl groups is 2. The second-order valence-corrected chi connectivity index (χ2v) is 13.5. The summed E-state index contributed by atoms with van der Waals surface area (Å²) in [5, 5.41) is 31.5. The minimum absolute atomic E-state index is 0.142. The standard InChI is InChI=1S/C31H46FNO5/c1-5-19-24-14-18(34)8-11-31(24,4)23-9-12-30(3)21(6-7-22(30)27(23)28(19)35)17(2)10-13-38-26-15-20(29(36)37)25(32)16-33-26/h15-19,21-24,27-28,34-35H,5-14H2,1-4H3,(H,36,37)/t17-,18-,19-,21-,22+,23+,24+,27+,28-,30-,31-/m1/s1. The van der Waals surface area contributed by atoms with Gasteiger partial charge in [0.25, 0.3) is 0 Å². The molecule has 0 aliphatic heterocycles. The Morgan fingerprint density at radius 3 is 2.55 bits per heavy atom. The highest BCUT2D eigenvalue weighted by Crippen LogP contribution is 2.69. The van der Waals surface area contributed by atoms with Crippen LogP contribution in [-0.2, 0) is 0 Å². The van der Waals surface area contributed by atoms with Crippen molar-refractivity contribution in [3.05, 3.63) is 23.6 Å². The molecule has 11 atom stereocenters. The molecular weight excluding hydrogens is 485 g/mol. The molecule has 212 valence electrons. The van der Waals surface area contributed by atoms with Gasteiger partial charge in [-0.05, 0) is 104 Å². The maximum Gasteiger partial charge on any atom is 0.338 e. The summed E-state index contributed by atoms with van der Waals surface area (Å²) in [5.41, 5.74) is -0.0348. The summed E-state index contributed by atoms with van der Waals surface area (Å²) in [4.78, 5) is 15.1. The van der Waals surface area contributed by atoms with Crippen LogP contribution in [0, 0.1) is 58.1 Å². The molecule has 0 saturated heterocycles. The fourth-order valence-electron chi connectivity index (χ4n) is 10.1. The number of hydrogen-bond donors (Lipinski definition) is 3. The average Bonchev–Trinajstić information content (AvgIpc) is 3.23. The largest absolute Gasteiger partial charge is 0.478 e. The van der Waals surface area contributed by atoms with Crippen molar-refractivity contribution in [2.45, 2.75) is 97.7 Å². The lowest BCUT2D eigenvalue weighted by molar-refractivity contribution is -0.203. The summed E-state index contributed by atoms with van der Waals surface area (Å²) in [6.07, 6.45) is 9.65. The number of aromatic carboxylic acids is 1. The van der Waals surface area contributed by atoms with Crippen molar-refractivity contribution < 1.29 is 29.2 Å². The van der Waals surface area contributed by atoms with E-state index in [1.807, 2.05) is 0 Å². The Balaban J connectivity index is 1.28. The molecule has 4 aliphatic carbocycles. The lowest BCUT2D eigenvalue weighted by Gasteiger charge is -2.64. The normalized spacial score (nSPS) is 43.0. The Hall–Kier alpha value is -1.73. The topological polar surface area (TPSA) is 99.9 Å². The summed E-state index contributed by atoms with van der Waals surface area (Å²) >= 11 is 0. The van der Waals surface area contributed by atoms with Crippen LogP contribution in [0.25, 0.3) is 0 Å². The molecule has 7 heteroatoms. The SMILES string of the molecule is CC[C@H]1[C@@H](O)[C@@H]2[C@H](CC[C@]3(C)[C@@H]([C@H](C)CCOc4cc(C(=O)O)c(F)cn4)CC[C@@H]23)[C@@]2(C)CC[C@@H](O)C[C@@H]12. The van der Waals surface area contributed by atoms with E-state index in [2.05, 4.69) is 32.7 Å². The van der Waals surface area contributed by atoms with Crippen LogP contribution in [0.1, 0.15) is 95.8 Å². The van der Waals surface area contributed by atoms with E-state index in [1.54, 1.807) is 0 Å². The second-order valence-electron chi connectivity index (χ2n) is 13.5. The fraction of sp³-hybridized carbons (Fsp3) is 0.806. The first-order chi connectivity index (χ1) is 18.0. The molecule has 0 amide bonds. The van der Waals surface area contributed by atoms with Gasteiger partial charge in [-0.2, -0.15) is 0 Å². The highest BCUT2D eigenvalue weighted by molar-refractivity contribution is 5.88. The van der Waals surface area contributed by atoms with E-state index in [0.717, 1.165) is 63.6 Å². The Bertz CT molecular complexity index is 1040. The number of aromatic nitrogens is 1. The van der Waals surface area contributed by atoms with Gasteiger partial charge < -0.3 is 20.1 Å². The first kappa shape index (κ1) is 27.8. The molecule has 0 radical (unpaired) electrons. The van der Waals surface area contributed by atoms with Gasteiger partial charge in [0.15, 0.2) is 5.82 Å². The third kappa shape index (κ3) is 4.46. The van der Waals surface area contributed by atoms with Gasteiger partial charge in [0.2, 0.25) is 5.88 Å². The van der Waals surface area contributed by atoms with Crippen molar-refractivity contribution in [1.82, 2.24) is 4.98 Å². The molecule has 1 aromatic rings. The van der Waals surface area contributed by atoms with Gasteiger partial charge in [-0.3, -0.25) is 0 Å². The molecule has 0 aromatic carbocycles. The van der Waals surface area contributed by atoms with E-state index in [0.29, 0.717) is 42.1 Å². The summed E-state index contributed by atoms with van der Waals surface area (Å²) in [6, 6.07) is 1.16. The van der Waals surface area contributed by atoms with E-state index in [4.69, 9.17) is 9.84 Å². The van der Waals surface area contributed by atoms with E-state index in [1.165, 1.54) is 6.42 Å². The molecule has 1 aromatic heterocycles. The molecular formula is C31H46FNO5. The maximum absolute atomic E-state index is 13.7. The highest BCUT2D eigenvalue weighted by atomic mass is 19.1. The zero-order valence-electron chi connectivity index (χ0n) is 23.4. The van der Waals surface area contributed by atoms with Gasteiger partial charge in [-0.25, -0.2) is 14.2 Å². The third-order valence-electron chi connectivity index (χ3n) is 12.0. The van der Waals surface area contributed by atoms with Gasteiger partial charge in [0.05, 0.1) is 25.0 Å². The summed E-state index contributed by atoms with van der Waals surface area (Å²) in [7, 11) is 0. The smallest absolute Gasteiger partial charge is 0.338 e. The number of nitrogens with zero attached hydrogens (tertiary/aromatic N) is 1. The van der Waals surface area contributed by atoms with Crippen LogP contribution in [0.4, 0.5) is 4.39 Å². The van der Waals surface area contributed by atoms with Crippen LogP contribution in [0.2, 0.25) is 0 Å². The van der Waals surface area contributed by atoms with Gasteiger partial charge in [-0.1, -0.05) is 34.1 Å². The van der Waals surface area contributed by atoms with Crippen LogP contribution >= 0.6 is 0 Å². The summed E-state index contributed by atoms with van der Waals surface area (Å²) in [5.74, 6) is 0.957. The number of rotatable bonds is 7. The van der Waals surface area contributed by atoms with E-state index in [9.17, 15) is 19.4 Å². The monoisotopic (exact) mass is 531 g/mol. The van der Waals surface area contributed by atoms with Crippen molar-refractivity contribution in [3.8, 4) is 5.88 Å². The first-order valence-corrected chi connectivity index (χ1v) is 14.9. The molecule has 38 heavy (non-hydrogen) atoms. The first-order valence-electron chi connectivity index (χ1n) is 14.9. The number of ether oxygens (including phenoxy) is 1. The Morgan fingerprint density at radius 1 is 1.13 bits per heavy atom. The van der Waals surface area contributed by atoms with E-state index < -0.39 is 17.3 Å². The lowest BCUT2D eigenvalue weighted by Crippen LogP contribution is -2.62. The van der Waals surface area contributed by atoms with Crippen molar-refractivity contribution in [2.24, 2.45) is 52.3 Å². The fourth-order valence-corrected chi connectivity index (χ4v) is 10.1. The lowest BCUT2D eigenvalue weighted by atomic mass is 9.41. The quantitative estimate of drug-likeness (QED) is 0.402. The summed E-state index contributed by atoms with van der Waals surface area (Å²) in [6.45, 7) is 9.86. The zero-order valence-corrected chi connectivity index (χ0v) is 23.4. The summed E-state index contributed by atoms with van der Waals surface area (Å²) < 4.78 is 19.4. The molecule has 0 unspecified atom stereocenters. The molecule has 5 rings (SSSR count). The van der Waals surface area contributed by atoms with Crippen molar-refractivity contribution in [1.29, 1.82) is 0 Å². The number of aliphatic hydroxyl groups excluding tert-OH is 2. The Kier molecular flexibility index (Phi) is 7.58. The van der Waals surface area contributed by atoms with Crippen LogP contribution in [0.5, 0.6) is 5.88 Å². The Labute approximate surface area is 226 Å². The number of carboxylic acid groups (broad SMARTS) is 1. The van der Waals surface area contributed by atoms with Gasteiger partial charge >= 0.3 is 5.97 Å². The minimum Gasteiger partial charge on any atom is -0.478 e. The molecule has 0 spiro atoms. The van der Waals surface area contributed by atoms with Crippen LogP contribution in [0.3, 0.4) is 0 Å². The number of fused-ring (bicyclic) bond motifs is 5. The Morgan fingerprint density at radius 2 is 1.84 bits per heavy atom. The van der Waals surface area contributed by atoms with Gasteiger partial charge in [0.1, 0.15) is 5.56 Å². The molecule has 4 aliphatic rings. The van der Waals surface area contributed by atoms with Crippen LogP contribution < -0.4 is 4.74 Å². The maximum atomic E-state index is 13.7. The van der Waals surface area contributed by atoms with Gasteiger partial charge in [0, 0.05) is 6.07 Å². The van der Waals surface area contributed by atoms with Gasteiger partial charge in [-0.15, -0.1) is 0 Å². The van der Waals surface area contributed by atoms with Crippen molar-refractivity contribution in [3.63, 3.8) is 0 Å². The van der Waals surface area contributed by atoms with E-state index in [-0.39, 0.29) is 34.8 Å². The van der Waals surface area contributed by atoms with E-state index >= 15 is 0 Å². The molecule has 3 N–H and O–H groups in total. The molecule has 6 nitrogen and oxygen atoms in total. The number of carbonyl (C=O) groups is 1. The number of hydrogen-bond acceptors (Lipinski definition) is 5. The third-order valence-corrected chi connectivity index (χ3v) is 12.0. The number of halogens is 1. The van der Waals surface area contributed by atoms with Crippen molar-refractivity contribution in [2.75, 3.05) is 6.61 Å². The van der Waals surface area contributed by atoms with Crippen molar-refractivity contribution >= 4 is 5.97 Å². The van der Waals surface area contributed by atoms with Crippen LogP contribution in [0.15, 0.2) is 12.3 Å². The minimum atomic E-state index is -1.33. The molecule has 4 fully saturated rings. The molecule has 1 heterocycles. The molecule has 0 bridgehead atoms. The number of carboxylic acids is 1. The zero-order chi connectivity index (χ0) is 27.4. The highest BCUT2D eigenvalue weighted by Gasteiger charge is 2.64. The predicted octanol–water partition coefficient (Wildman–Crippen LogP) is 5.95. The predicted molar refractivity (Wildman–Crippen MR) is 142 cm³/mol. The molecule has 4 saturated carbocycles. The second kappa shape index (κ2) is 10.3. The average molecular weight is 532 g/mol. The number of pyridine rings is 1.